The molecule has 0 amide bonds. The molecule has 0 saturated carbocycles. The van der Waals surface area contributed by atoms with Crippen LogP contribution in [0, 0.1) is 0 Å². The fourth-order valence-corrected chi connectivity index (χ4v) is 2.31. The maximum absolute atomic E-state index is 7.74. The van der Waals surface area contributed by atoms with E-state index in [0.29, 0.717) is 13.1 Å². The molecule has 0 atom stereocenters. The average Bonchev–Trinajstić information content (AvgIpc) is 2.39. The maximum Gasteiger partial charge on any atom is 0.0601 e. The summed E-state index contributed by atoms with van der Waals surface area (Å²) in [4.78, 5) is 2.20. The molecule has 2 aromatic rings. The largest absolute Gasteiger partial charge is 0.292 e. The van der Waals surface area contributed by atoms with Crippen LogP contribution in [0.2, 0.25) is 0 Å². The van der Waals surface area contributed by atoms with Gasteiger partial charge in [0.25, 0.3) is 0 Å². The SMILES string of the molecule is [2H]C1([2H])CN(C(c2ccccc2)c2ccccc2)C1. The van der Waals surface area contributed by atoms with E-state index >= 15 is 0 Å². The molecule has 1 saturated heterocycles. The van der Waals surface area contributed by atoms with Crippen molar-refractivity contribution < 1.29 is 2.74 Å². The molecule has 0 bridgehead atoms. The second-order valence-corrected chi connectivity index (χ2v) is 4.38. The van der Waals surface area contributed by atoms with Crippen LogP contribution in [0.15, 0.2) is 60.7 Å². The fourth-order valence-electron chi connectivity index (χ4n) is 2.31. The molecule has 2 aromatic carbocycles. The Morgan fingerprint density at radius 3 is 1.71 bits per heavy atom. The van der Waals surface area contributed by atoms with Crippen molar-refractivity contribution in [3.8, 4) is 0 Å². The van der Waals surface area contributed by atoms with Gasteiger partial charge in [-0.15, -0.1) is 0 Å². The van der Waals surface area contributed by atoms with Crippen molar-refractivity contribution in [2.75, 3.05) is 13.1 Å². The van der Waals surface area contributed by atoms with Crippen LogP contribution in [-0.2, 0) is 0 Å². The molecular formula is C16H17N. The van der Waals surface area contributed by atoms with E-state index in [1.165, 1.54) is 11.1 Å². The van der Waals surface area contributed by atoms with Crippen LogP contribution in [0.5, 0.6) is 0 Å². The number of rotatable bonds is 3. The third-order valence-electron chi connectivity index (χ3n) is 3.23. The zero-order valence-corrected chi connectivity index (χ0v) is 9.71. The van der Waals surface area contributed by atoms with Crippen molar-refractivity contribution in [1.82, 2.24) is 4.90 Å². The molecule has 1 heterocycles. The summed E-state index contributed by atoms with van der Waals surface area (Å²) in [6.45, 7) is 1.00. The molecule has 0 N–H and O–H groups in total. The zero-order valence-electron chi connectivity index (χ0n) is 11.7. The second kappa shape index (κ2) is 4.72. The second-order valence-electron chi connectivity index (χ2n) is 4.38. The Labute approximate surface area is 106 Å². The fraction of sp³-hybridized carbons (Fsp3) is 0.250. The Hall–Kier alpha value is -1.60. The first-order valence-corrected chi connectivity index (χ1v) is 6.00. The van der Waals surface area contributed by atoms with Gasteiger partial charge in [-0.05, 0) is 17.5 Å². The Balaban J connectivity index is 1.93. The lowest BCUT2D eigenvalue weighted by Crippen LogP contribution is -2.40. The minimum absolute atomic E-state index is 0.159. The molecule has 1 aliphatic rings. The van der Waals surface area contributed by atoms with Gasteiger partial charge in [0.05, 0.1) is 6.04 Å². The molecule has 0 unspecified atom stereocenters. The van der Waals surface area contributed by atoms with Crippen LogP contribution >= 0.6 is 0 Å². The van der Waals surface area contributed by atoms with Gasteiger partial charge in [-0.2, -0.15) is 0 Å². The molecule has 0 radical (unpaired) electrons. The molecular weight excluding hydrogens is 206 g/mol. The van der Waals surface area contributed by atoms with Crippen LogP contribution in [0.3, 0.4) is 0 Å². The molecule has 1 nitrogen and oxygen atoms in total. The normalized spacial score (nSPS) is 20.5. The maximum atomic E-state index is 7.74. The van der Waals surface area contributed by atoms with E-state index in [1.807, 2.05) is 36.4 Å². The monoisotopic (exact) mass is 225 g/mol. The van der Waals surface area contributed by atoms with Crippen LogP contribution in [0.25, 0.3) is 0 Å². The highest BCUT2D eigenvalue weighted by atomic mass is 15.2. The van der Waals surface area contributed by atoms with Crippen molar-refractivity contribution in [2.45, 2.75) is 12.4 Å². The van der Waals surface area contributed by atoms with Crippen molar-refractivity contribution in [3.05, 3.63) is 71.8 Å². The summed E-state index contributed by atoms with van der Waals surface area (Å²) in [5.41, 5.74) is 2.45. The van der Waals surface area contributed by atoms with Crippen molar-refractivity contribution in [3.63, 3.8) is 0 Å². The minimum Gasteiger partial charge on any atom is -0.292 e. The quantitative estimate of drug-likeness (QED) is 0.773. The first kappa shape index (κ1) is 8.48. The third kappa shape index (κ3) is 2.11. The molecule has 3 rings (SSSR count). The Morgan fingerprint density at radius 2 is 1.29 bits per heavy atom. The highest BCUT2D eigenvalue weighted by Gasteiger charge is 2.26. The van der Waals surface area contributed by atoms with Gasteiger partial charge in [-0.3, -0.25) is 4.90 Å². The van der Waals surface area contributed by atoms with Gasteiger partial charge in [0.15, 0.2) is 0 Å². The zero-order chi connectivity index (χ0) is 13.3. The summed E-state index contributed by atoms with van der Waals surface area (Å²) in [5, 5.41) is 0. The molecule has 1 heteroatoms. The Kier molecular flexibility index (Phi) is 2.36. The summed E-state index contributed by atoms with van der Waals surface area (Å²) in [5.74, 6) is 0. The van der Waals surface area contributed by atoms with Gasteiger partial charge in [0, 0.05) is 15.8 Å². The lowest BCUT2D eigenvalue weighted by molar-refractivity contribution is 0.140. The van der Waals surface area contributed by atoms with E-state index in [4.69, 9.17) is 2.74 Å². The summed E-state index contributed by atoms with van der Waals surface area (Å²) >= 11 is 0. The van der Waals surface area contributed by atoms with Gasteiger partial charge >= 0.3 is 0 Å². The van der Waals surface area contributed by atoms with Crippen molar-refractivity contribution >= 4 is 0 Å². The van der Waals surface area contributed by atoms with E-state index < -0.39 is 6.37 Å². The lowest BCUT2D eigenvalue weighted by Gasteiger charge is -2.39. The Bertz CT molecular complexity index is 492. The molecule has 0 aliphatic carbocycles. The van der Waals surface area contributed by atoms with Crippen molar-refractivity contribution in [2.24, 2.45) is 0 Å². The number of likely N-dealkylation sites (tertiary alicyclic amines) is 1. The Morgan fingerprint density at radius 1 is 0.824 bits per heavy atom. The topological polar surface area (TPSA) is 3.24 Å². The third-order valence-corrected chi connectivity index (χ3v) is 3.23. The van der Waals surface area contributed by atoms with E-state index in [0.717, 1.165) is 0 Å². The molecule has 0 spiro atoms. The number of nitrogens with zero attached hydrogens (tertiary/aromatic N) is 1. The molecule has 1 aliphatic heterocycles. The summed E-state index contributed by atoms with van der Waals surface area (Å²) in [7, 11) is 0. The van der Waals surface area contributed by atoms with E-state index in [2.05, 4.69) is 29.2 Å². The first-order valence-electron chi connectivity index (χ1n) is 7.00. The molecule has 0 aromatic heterocycles. The standard InChI is InChI=1S/C16H17N/c1-3-8-14(9-4-1)16(17-12-7-13-17)15-10-5-2-6-11-15/h1-6,8-11,16H,7,12-13H2/i7D2. The highest BCUT2D eigenvalue weighted by molar-refractivity contribution is 5.32. The van der Waals surface area contributed by atoms with E-state index in [1.54, 1.807) is 0 Å². The smallest absolute Gasteiger partial charge is 0.0601 e. The van der Waals surface area contributed by atoms with Gasteiger partial charge in [-0.25, -0.2) is 0 Å². The van der Waals surface area contributed by atoms with E-state index in [-0.39, 0.29) is 6.04 Å². The predicted molar refractivity (Wildman–Crippen MR) is 70.9 cm³/mol. The number of hydrogen-bond acceptors (Lipinski definition) is 1. The first-order chi connectivity index (χ1) is 9.16. The van der Waals surface area contributed by atoms with Gasteiger partial charge in [0.2, 0.25) is 0 Å². The minimum atomic E-state index is -1.04. The van der Waals surface area contributed by atoms with Gasteiger partial charge in [0.1, 0.15) is 0 Å². The highest BCUT2D eigenvalue weighted by Crippen LogP contribution is 2.31. The van der Waals surface area contributed by atoms with Crippen LogP contribution in [0.4, 0.5) is 0 Å². The molecule has 86 valence electrons. The average molecular weight is 225 g/mol. The molecule has 17 heavy (non-hydrogen) atoms. The summed E-state index contributed by atoms with van der Waals surface area (Å²) < 4.78 is 15.5. The van der Waals surface area contributed by atoms with Crippen molar-refractivity contribution in [1.29, 1.82) is 0 Å². The van der Waals surface area contributed by atoms with Gasteiger partial charge < -0.3 is 0 Å². The number of benzene rings is 2. The lowest BCUT2D eigenvalue weighted by atomic mass is 9.95. The predicted octanol–water partition coefficient (Wildman–Crippen LogP) is 3.48. The summed E-state index contributed by atoms with van der Waals surface area (Å²) in [6, 6.07) is 20.8. The molecule has 1 fully saturated rings. The number of hydrogen-bond donors (Lipinski definition) is 0. The summed E-state index contributed by atoms with van der Waals surface area (Å²) in [6.07, 6.45) is -1.04. The van der Waals surface area contributed by atoms with Crippen LogP contribution < -0.4 is 0 Å². The van der Waals surface area contributed by atoms with E-state index in [9.17, 15) is 0 Å². The van der Waals surface area contributed by atoms with Crippen LogP contribution in [-0.4, -0.2) is 18.0 Å². The van der Waals surface area contributed by atoms with Gasteiger partial charge in [-0.1, -0.05) is 60.7 Å². The van der Waals surface area contributed by atoms with Crippen LogP contribution in [0.1, 0.15) is 26.3 Å².